The Kier molecular flexibility index (Phi) is 7.11. The van der Waals surface area contributed by atoms with Crippen LogP contribution in [0, 0.1) is 27.7 Å². The maximum absolute atomic E-state index is 12.4. The monoisotopic (exact) mass is 407 g/mol. The zero-order valence-electron chi connectivity index (χ0n) is 18.1. The number of aromatic nitrogens is 5. The van der Waals surface area contributed by atoms with Crippen molar-refractivity contribution in [2.45, 2.75) is 47.0 Å². The molecule has 3 rings (SSSR count). The number of nitrogens with one attached hydrogen (secondary N) is 2. The molecule has 3 aromatic rings. The van der Waals surface area contributed by atoms with Gasteiger partial charge in [-0.25, -0.2) is 19.6 Å². The molecule has 0 radical (unpaired) electrons. The fourth-order valence-electron chi connectivity index (χ4n) is 3.31. The lowest BCUT2D eigenvalue weighted by Gasteiger charge is -2.08. The number of hydrogen-bond donors (Lipinski definition) is 2. The number of pyridine rings is 1. The molecule has 8 heteroatoms. The number of hydrogen-bond acceptors (Lipinski definition) is 6. The minimum absolute atomic E-state index is 0.000207. The van der Waals surface area contributed by atoms with Crippen LogP contribution in [0.5, 0.6) is 0 Å². The van der Waals surface area contributed by atoms with Crippen molar-refractivity contribution in [2.75, 3.05) is 18.4 Å². The molecule has 0 saturated heterocycles. The Labute approximate surface area is 177 Å². The van der Waals surface area contributed by atoms with Crippen LogP contribution in [-0.2, 0) is 11.2 Å². The van der Waals surface area contributed by atoms with E-state index < -0.39 is 0 Å². The predicted octanol–water partition coefficient (Wildman–Crippen LogP) is 2.84. The summed E-state index contributed by atoms with van der Waals surface area (Å²) in [5.74, 6) is 1.41. The molecule has 0 unspecified atom stereocenters. The highest BCUT2D eigenvalue weighted by molar-refractivity contribution is 5.79. The van der Waals surface area contributed by atoms with E-state index in [1.165, 1.54) is 0 Å². The normalized spacial score (nSPS) is 10.8. The second kappa shape index (κ2) is 9.96. The van der Waals surface area contributed by atoms with Crippen LogP contribution in [0.25, 0.3) is 5.95 Å². The zero-order chi connectivity index (χ0) is 21.5. The number of nitrogens with zero attached hydrogens (tertiary/aromatic N) is 5. The summed E-state index contributed by atoms with van der Waals surface area (Å²) in [5, 5.41) is 10.8. The van der Waals surface area contributed by atoms with Crippen molar-refractivity contribution in [1.29, 1.82) is 0 Å². The summed E-state index contributed by atoms with van der Waals surface area (Å²) in [4.78, 5) is 25.6. The maximum Gasteiger partial charge on any atom is 0.251 e. The van der Waals surface area contributed by atoms with E-state index in [4.69, 9.17) is 0 Å². The number of rotatable bonds is 9. The van der Waals surface area contributed by atoms with Gasteiger partial charge in [-0.1, -0.05) is 6.07 Å². The largest absolute Gasteiger partial charge is 0.370 e. The lowest BCUT2D eigenvalue weighted by molar-refractivity contribution is -0.120. The predicted molar refractivity (Wildman–Crippen MR) is 117 cm³/mol. The summed E-state index contributed by atoms with van der Waals surface area (Å²) in [6.45, 7) is 9.21. The van der Waals surface area contributed by atoms with E-state index in [0.29, 0.717) is 18.9 Å². The third kappa shape index (κ3) is 5.62. The molecule has 3 aromatic heterocycles. The van der Waals surface area contributed by atoms with Gasteiger partial charge in [0.1, 0.15) is 5.82 Å². The van der Waals surface area contributed by atoms with Crippen molar-refractivity contribution in [3.63, 3.8) is 0 Å². The Hall–Kier alpha value is -3.29. The Morgan fingerprint density at radius 3 is 2.47 bits per heavy atom. The average molecular weight is 408 g/mol. The molecule has 0 fully saturated rings. The molecule has 1 amide bonds. The molecule has 2 N–H and O–H groups in total. The number of carbonyl (C=O) groups is 1. The molecule has 0 saturated carbocycles. The molecule has 0 aliphatic carbocycles. The van der Waals surface area contributed by atoms with Crippen LogP contribution >= 0.6 is 0 Å². The van der Waals surface area contributed by atoms with E-state index >= 15 is 0 Å². The summed E-state index contributed by atoms with van der Waals surface area (Å²) in [6.07, 6.45) is 3.92. The van der Waals surface area contributed by atoms with E-state index in [2.05, 4.69) is 30.7 Å². The highest BCUT2D eigenvalue weighted by Gasteiger charge is 2.17. The first kappa shape index (κ1) is 21.4. The molecule has 0 atom stereocenters. The quantitative estimate of drug-likeness (QED) is 0.530. The Morgan fingerprint density at radius 1 is 1.03 bits per heavy atom. The third-order valence-electron chi connectivity index (χ3n) is 4.84. The SMILES string of the molecule is Cc1cc(C)nc(-n2nc(C)c(CC(=O)NCCCCNc3ccccn3)c2C)n1. The second-order valence-corrected chi connectivity index (χ2v) is 7.39. The topological polar surface area (TPSA) is 97.6 Å². The minimum Gasteiger partial charge on any atom is -0.370 e. The van der Waals surface area contributed by atoms with Crippen LogP contribution < -0.4 is 10.6 Å². The maximum atomic E-state index is 12.4. The molecule has 8 nitrogen and oxygen atoms in total. The molecule has 0 bridgehead atoms. The van der Waals surface area contributed by atoms with Crippen molar-refractivity contribution in [1.82, 2.24) is 30.0 Å². The second-order valence-electron chi connectivity index (χ2n) is 7.39. The summed E-state index contributed by atoms with van der Waals surface area (Å²) >= 11 is 0. The molecule has 0 aliphatic rings. The fourth-order valence-corrected chi connectivity index (χ4v) is 3.31. The summed E-state index contributed by atoms with van der Waals surface area (Å²) in [5.41, 5.74) is 4.42. The number of anilines is 1. The Balaban J connectivity index is 1.49. The summed E-state index contributed by atoms with van der Waals surface area (Å²) in [6, 6.07) is 7.71. The van der Waals surface area contributed by atoms with Gasteiger partial charge in [0.2, 0.25) is 5.91 Å². The summed E-state index contributed by atoms with van der Waals surface area (Å²) in [7, 11) is 0. The van der Waals surface area contributed by atoms with Crippen LogP contribution in [0.2, 0.25) is 0 Å². The van der Waals surface area contributed by atoms with Crippen molar-refractivity contribution in [3.05, 3.63) is 58.8 Å². The van der Waals surface area contributed by atoms with Gasteiger partial charge in [-0.2, -0.15) is 5.10 Å². The average Bonchev–Trinajstić information content (AvgIpc) is 2.99. The molecule has 0 aromatic carbocycles. The first-order valence-electron chi connectivity index (χ1n) is 10.2. The van der Waals surface area contributed by atoms with Crippen LogP contribution in [0.3, 0.4) is 0 Å². The Morgan fingerprint density at radius 2 is 1.77 bits per heavy atom. The first-order chi connectivity index (χ1) is 14.4. The van der Waals surface area contributed by atoms with E-state index in [0.717, 1.165) is 53.5 Å². The molecular formula is C22H29N7O. The van der Waals surface area contributed by atoms with Crippen LogP contribution in [0.15, 0.2) is 30.5 Å². The lowest BCUT2D eigenvalue weighted by Crippen LogP contribution is -2.26. The van der Waals surface area contributed by atoms with Gasteiger partial charge in [0.15, 0.2) is 0 Å². The highest BCUT2D eigenvalue weighted by Crippen LogP contribution is 2.17. The van der Waals surface area contributed by atoms with Crippen molar-refractivity contribution in [3.8, 4) is 5.95 Å². The Bertz CT molecular complexity index is 978. The van der Waals surface area contributed by atoms with Gasteiger partial charge >= 0.3 is 0 Å². The van der Waals surface area contributed by atoms with E-state index in [1.807, 2.05) is 52.0 Å². The van der Waals surface area contributed by atoms with E-state index in [1.54, 1.807) is 10.9 Å². The van der Waals surface area contributed by atoms with Gasteiger partial charge < -0.3 is 10.6 Å². The van der Waals surface area contributed by atoms with Crippen LogP contribution in [0.4, 0.5) is 5.82 Å². The molecule has 0 aliphatic heterocycles. The van der Waals surface area contributed by atoms with Crippen molar-refractivity contribution >= 4 is 11.7 Å². The minimum atomic E-state index is -0.000207. The molecule has 3 heterocycles. The number of amides is 1. The van der Waals surface area contributed by atoms with Gasteiger partial charge in [-0.3, -0.25) is 4.79 Å². The van der Waals surface area contributed by atoms with E-state index in [9.17, 15) is 4.79 Å². The van der Waals surface area contributed by atoms with Gasteiger partial charge in [-0.15, -0.1) is 0 Å². The third-order valence-corrected chi connectivity index (χ3v) is 4.84. The molecular weight excluding hydrogens is 378 g/mol. The van der Waals surface area contributed by atoms with Gasteiger partial charge in [0.05, 0.1) is 12.1 Å². The van der Waals surface area contributed by atoms with Gasteiger partial charge in [0.25, 0.3) is 5.95 Å². The molecule has 30 heavy (non-hydrogen) atoms. The highest BCUT2D eigenvalue weighted by atomic mass is 16.1. The number of aryl methyl sites for hydroxylation is 3. The lowest BCUT2D eigenvalue weighted by atomic mass is 10.1. The first-order valence-corrected chi connectivity index (χ1v) is 10.2. The summed E-state index contributed by atoms with van der Waals surface area (Å²) < 4.78 is 1.72. The van der Waals surface area contributed by atoms with Gasteiger partial charge in [-0.05, 0) is 58.7 Å². The van der Waals surface area contributed by atoms with Crippen LogP contribution in [-0.4, -0.2) is 43.7 Å². The standard InChI is InChI=1S/C22H29N7O/c1-15-13-16(2)27-22(26-15)29-18(4)19(17(3)28-29)14-21(30)25-12-8-7-11-24-20-9-5-6-10-23-20/h5-6,9-10,13H,7-8,11-12,14H2,1-4H3,(H,23,24)(H,25,30). The van der Waals surface area contributed by atoms with E-state index in [-0.39, 0.29) is 5.91 Å². The van der Waals surface area contributed by atoms with Crippen molar-refractivity contribution in [2.24, 2.45) is 0 Å². The van der Waals surface area contributed by atoms with Crippen molar-refractivity contribution < 1.29 is 4.79 Å². The molecule has 158 valence electrons. The van der Waals surface area contributed by atoms with Crippen LogP contribution in [0.1, 0.15) is 41.2 Å². The van der Waals surface area contributed by atoms with Gasteiger partial charge in [0, 0.05) is 41.9 Å². The smallest absolute Gasteiger partial charge is 0.251 e. The molecule has 0 spiro atoms. The zero-order valence-corrected chi connectivity index (χ0v) is 18.1. The number of unbranched alkanes of at least 4 members (excludes halogenated alkanes) is 1. The fraction of sp³-hybridized carbons (Fsp3) is 0.409. The number of carbonyl (C=O) groups excluding carboxylic acids is 1.